The van der Waals surface area contributed by atoms with Crippen molar-refractivity contribution in [3.63, 3.8) is 0 Å². The molecule has 0 bridgehead atoms. The number of fused-ring (bicyclic) bond motifs is 1. The molecule has 0 radical (unpaired) electrons. The van der Waals surface area contributed by atoms with Crippen LogP contribution >= 0.6 is 0 Å². The van der Waals surface area contributed by atoms with E-state index in [9.17, 15) is 4.39 Å². The van der Waals surface area contributed by atoms with E-state index in [4.69, 9.17) is 9.84 Å². The summed E-state index contributed by atoms with van der Waals surface area (Å²) in [6.45, 7) is 1.87. The highest BCUT2D eigenvalue weighted by Crippen LogP contribution is 2.40. The van der Waals surface area contributed by atoms with E-state index in [1.54, 1.807) is 17.8 Å². The summed E-state index contributed by atoms with van der Waals surface area (Å²) in [6, 6.07) is 2.09. The van der Waals surface area contributed by atoms with Crippen LogP contribution in [-0.4, -0.2) is 50.8 Å². The van der Waals surface area contributed by atoms with Crippen LogP contribution in [0.4, 0.5) is 10.3 Å². The molecule has 9 heteroatoms. The van der Waals surface area contributed by atoms with Gasteiger partial charge in [-0.2, -0.15) is 5.10 Å². The number of halogens is 1. The molecule has 1 aliphatic heterocycles. The average Bonchev–Trinajstić information content (AvgIpc) is 3.11. The zero-order valence-corrected chi connectivity index (χ0v) is 16.4. The Bertz CT molecular complexity index is 1030. The first-order valence-electron chi connectivity index (χ1n) is 10.2. The van der Waals surface area contributed by atoms with E-state index in [1.165, 1.54) is 12.6 Å². The van der Waals surface area contributed by atoms with E-state index in [1.807, 2.05) is 6.07 Å². The highest BCUT2D eigenvalue weighted by molar-refractivity contribution is 5.62. The summed E-state index contributed by atoms with van der Waals surface area (Å²) in [5.41, 5.74) is 2.19. The van der Waals surface area contributed by atoms with Crippen molar-refractivity contribution in [3.05, 3.63) is 30.0 Å². The molecule has 8 nitrogen and oxygen atoms in total. The maximum absolute atomic E-state index is 14.7. The monoisotopic (exact) mass is 397 g/mol. The second kappa shape index (κ2) is 7.55. The maximum Gasteiger partial charge on any atom is 0.223 e. The first-order chi connectivity index (χ1) is 14.2. The number of hydrogen-bond donors (Lipinski definition) is 2. The van der Waals surface area contributed by atoms with Gasteiger partial charge in [-0.25, -0.2) is 23.9 Å². The lowest BCUT2D eigenvalue weighted by molar-refractivity contribution is 0.362. The van der Waals surface area contributed by atoms with E-state index >= 15 is 0 Å². The quantitative estimate of drug-likeness (QED) is 0.684. The number of methoxy groups -OCH3 is 1. The minimum atomic E-state index is -0.498. The van der Waals surface area contributed by atoms with E-state index in [0.717, 1.165) is 50.2 Å². The number of nitrogens with zero attached hydrogens (tertiary/aromatic N) is 5. The van der Waals surface area contributed by atoms with Crippen molar-refractivity contribution < 1.29 is 9.13 Å². The first kappa shape index (κ1) is 18.2. The van der Waals surface area contributed by atoms with Gasteiger partial charge in [0.15, 0.2) is 11.5 Å². The number of rotatable bonds is 5. The van der Waals surface area contributed by atoms with Crippen LogP contribution in [0.15, 0.2) is 18.5 Å². The minimum absolute atomic E-state index is 0.191. The van der Waals surface area contributed by atoms with Crippen LogP contribution in [0, 0.1) is 5.82 Å². The number of imidazole rings is 1. The fourth-order valence-electron chi connectivity index (χ4n) is 3.98. The third-order valence-corrected chi connectivity index (χ3v) is 5.81. The molecule has 152 valence electrons. The Kier molecular flexibility index (Phi) is 4.75. The van der Waals surface area contributed by atoms with Crippen LogP contribution in [0.1, 0.15) is 43.7 Å². The fraction of sp³-hybridized carbons (Fsp3) is 0.500. The highest BCUT2D eigenvalue weighted by atomic mass is 19.1. The van der Waals surface area contributed by atoms with Crippen LogP contribution in [0.2, 0.25) is 0 Å². The molecule has 0 amide bonds. The lowest BCUT2D eigenvalue weighted by atomic mass is 9.82. The molecule has 29 heavy (non-hydrogen) atoms. The summed E-state index contributed by atoms with van der Waals surface area (Å²) < 4.78 is 21.8. The predicted molar refractivity (Wildman–Crippen MR) is 107 cm³/mol. The van der Waals surface area contributed by atoms with Gasteiger partial charge in [0.25, 0.3) is 0 Å². The smallest absolute Gasteiger partial charge is 0.223 e. The Labute approximate surface area is 167 Å². The summed E-state index contributed by atoms with van der Waals surface area (Å²) in [7, 11) is 1.64. The number of nitrogens with one attached hydrogen (secondary N) is 2. The van der Waals surface area contributed by atoms with Crippen molar-refractivity contribution in [2.75, 3.05) is 25.5 Å². The normalized spacial score (nSPS) is 19.9. The molecular weight excluding hydrogens is 373 g/mol. The Balaban J connectivity index is 1.53. The summed E-state index contributed by atoms with van der Waals surface area (Å²) in [6.07, 6.45) is 8.30. The van der Waals surface area contributed by atoms with Gasteiger partial charge < -0.3 is 15.4 Å². The van der Waals surface area contributed by atoms with Gasteiger partial charge >= 0.3 is 0 Å². The average molecular weight is 397 g/mol. The SMILES string of the molecule is COc1cc2ncc(-c3nc(NC4CCCNC4)ncc3F)n2nc1C1CCC1. The topological polar surface area (TPSA) is 89.3 Å². The number of anilines is 1. The predicted octanol–water partition coefficient (Wildman–Crippen LogP) is 2.77. The lowest BCUT2D eigenvalue weighted by Gasteiger charge is -2.26. The summed E-state index contributed by atoms with van der Waals surface area (Å²) in [5.74, 6) is 1.02. The van der Waals surface area contributed by atoms with Crippen LogP contribution in [0.25, 0.3) is 17.0 Å². The lowest BCUT2D eigenvalue weighted by Crippen LogP contribution is -2.38. The molecule has 1 saturated heterocycles. The molecule has 1 saturated carbocycles. The van der Waals surface area contributed by atoms with Gasteiger partial charge in [0.1, 0.15) is 22.8 Å². The molecule has 2 aliphatic rings. The molecule has 4 heterocycles. The fourth-order valence-corrected chi connectivity index (χ4v) is 3.98. The van der Waals surface area contributed by atoms with Crippen molar-refractivity contribution in [1.82, 2.24) is 29.9 Å². The number of ether oxygens (including phenoxy) is 1. The number of aromatic nitrogens is 5. The van der Waals surface area contributed by atoms with Crippen LogP contribution in [-0.2, 0) is 0 Å². The van der Waals surface area contributed by atoms with Crippen LogP contribution < -0.4 is 15.4 Å². The molecule has 2 N–H and O–H groups in total. The molecule has 1 atom stereocenters. The molecule has 2 fully saturated rings. The van der Waals surface area contributed by atoms with Gasteiger partial charge in [0, 0.05) is 24.6 Å². The number of piperidine rings is 1. The van der Waals surface area contributed by atoms with Gasteiger partial charge in [-0.3, -0.25) is 0 Å². The minimum Gasteiger partial charge on any atom is -0.495 e. The molecule has 1 aliphatic carbocycles. The third kappa shape index (κ3) is 3.39. The highest BCUT2D eigenvalue weighted by Gasteiger charge is 2.26. The second-order valence-electron chi connectivity index (χ2n) is 7.72. The summed E-state index contributed by atoms with van der Waals surface area (Å²) in [5, 5.41) is 11.4. The van der Waals surface area contributed by atoms with E-state index < -0.39 is 5.82 Å². The van der Waals surface area contributed by atoms with E-state index in [-0.39, 0.29) is 11.7 Å². The Morgan fingerprint density at radius 2 is 2.10 bits per heavy atom. The molecule has 1 unspecified atom stereocenters. The van der Waals surface area contributed by atoms with Crippen molar-refractivity contribution in [2.24, 2.45) is 0 Å². The summed E-state index contributed by atoms with van der Waals surface area (Å²) >= 11 is 0. The molecule has 5 rings (SSSR count). The first-order valence-corrected chi connectivity index (χ1v) is 10.2. The summed E-state index contributed by atoms with van der Waals surface area (Å²) in [4.78, 5) is 13.0. The third-order valence-electron chi connectivity index (χ3n) is 5.81. The van der Waals surface area contributed by atoms with Crippen molar-refractivity contribution in [1.29, 1.82) is 0 Å². The van der Waals surface area contributed by atoms with Gasteiger partial charge in [-0.1, -0.05) is 6.42 Å². The Morgan fingerprint density at radius 3 is 2.83 bits per heavy atom. The molecule has 0 spiro atoms. The van der Waals surface area contributed by atoms with Crippen molar-refractivity contribution in [2.45, 2.75) is 44.1 Å². The molecule has 3 aromatic rings. The Hall–Kier alpha value is -2.81. The van der Waals surface area contributed by atoms with Gasteiger partial charge in [0.2, 0.25) is 5.95 Å². The van der Waals surface area contributed by atoms with E-state index in [2.05, 4.69) is 25.6 Å². The van der Waals surface area contributed by atoms with Crippen molar-refractivity contribution in [3.8, 4) is 17.1 Å². The zero-order valence-electron chi connectivity index (χ0n) is 16.4. The largest absolute Gasteiger partial charge is 0.495 e. The van der Waals surface area contributed by atoms with Crippen LogP contribution in [0.5, 0.6) is 5.75 Å². The molecule has 0 aromatic carbocycles. The van der Waals surface area contributed by atoms with Crippen molar-refractivity contribution >= 4 is 11.6 Å². The zero-order chi connectivity index (χ0) is 19.8. The molecule has 3 aromatic heterocycles. The molecular formula is C20H24FN7O. The maximum atomic E-state index is 14.7. The number of hydrogen-bond acceptors (Lipinski definition) is 7. The van der Waals surface area contributed by atoms with E-state index in [0.29, 0.717) is 23.2 Å². The Morgan fingerprint density at radius 1 is 1.21 bits per heavy atom. The van der Waals surface area contributed by atoms with Gasteiger partial charge in [0.05, 0.1) is 19.5 Å². The van der Waals surface area contributed by atoms with Gasteiger partial charge in [-0.05, 0) is 32.2 Å². The van der Waals surface area contributed by atoms with Crippen LogP contribution in [0.3, 0.4) is 0 Å². The van der Waals surface area contributed by atoms with Gasteiger partial charge in [-0.15, -0.1) is 0 Å². The second-order valence-corrected chi connectivity index (χ2v) is 7.72. The standard InChI is InChI=1S/C20H24FN7O/c1-29-16-8-17-23-11-15(28(17)27-18(16)12-4-2-5-12)19-14(21)10-24-20(26-19)25-13-6-3-7-22-9-13/h8,10-13,22H,2-7,9H2,1H3,(H,24,25,26).